The fourth-order valence-electron chi connectivity index (χ4n) is 1.57. The zero-order valence-corrected chi connectivity index (χ0v) is 10.5. The van der Waals surface area contributed by atoms with Gasteiger partial charge in [-0.1, -0.05) is 12.1 Å². The summed E-state index contributed by atoms with van der Waals surface area (Å²) in [6.45, 7) is 3.80. The Balaban J connectivity index is 2.26. The predicted octanol–water partition coefficient (Wildman–Crippen LogP) is 2.59. The average molecular weight is 247 g/mol. The number of aromatic nitrogens is 1. The van der Waals surface area contributed by atoms with Crippen LogP contribution in [0.5, 0.6) is 0 Å². The number of thiazole rings is 1. The van der Waals surface area contributed by atoms with Crippen LogP contribution in [0.1, 0.15) is 20.8 Å². The first kappa shape index (κ1) is 11.6. The average Bonchev–Trinajstić information content (AvgIpc) is 2.63. The van der Waals surface area contributed by atoms with E-state index in [0.717, 1.165) is 10.4 Å². The molecule has 0 fully saturated rings. The second kappa shape index (κ2) is 4.55. The van der Waals surface area contributed by atoms with Crippen LogP contribution in [0.15, 0.2) is 24.4 Å². The van der Waals surface area contributed by atoms with Gasteiger partial charge in [-0.15, -0.1) is 11.3 Å². The number of carbonyl (C=O) groups is 1. The molecule has 0 spiro atoms. The highest BCUT2D eigenvalue weighted by molar-refractivity contribution is 7.15. The maximum absolute atomic E-state index is 12.0. The molecule has 5 heteroatoms. The summed E-state index contributed by atoms with van der Waals surface area (Å²) in [6, 6.07) is 5.41. The van der Waals surface area contributed by atoms with Crippen LogP contribution in [0.4, 0.5) is 10.8 Å². The van der Waals surface area contributed by atoms with Crippen molar-refractivity contribution in [2.24, 2.45) is 0 Å². The maximum atomic E-state index is 12.0. The summed E-state index contributed by atoms with van der Waals surface area (Å²) in [5.41, 5.74) is 7.66. The molecule has 0 aliphatic rings. The number of aryl methyl sites for hydroxylation is 2. The van der Waals surface area contributed by atoms with Gasteiger partial charge in [-0.25, -0.2) is 4.98 Å². The topological polar surface area (TPSA) is 68.0 Å². The molecule has 0 saturated heterocycles. The van der Waals surface area contributed by atoms with Gasteiger partial charge >= 0.3 is 0 Å². The van der Waals surface area contributed by atoms with Gasteiger partial charge in [0.05, 0.1) is 5.56 Å². The molecule has 17 heavy (non-hydrogen) atoms. The van der Waals surface area contributed by atoms with Gasteiger partial charge in [-0.2, -0.15) is 0 Å². The highest BCUT2D eigenvalue weighted by Gasteiger charge is 2.13. The first-order valence-electron chi connectivity index (χ1n) is 5.17. The van der Waals surface area contributed by atoms with E-state index in [9.17, 15) is 4.79 Å². The number of anilines is 2. The summed E-state index contributed by atoms with van der Waals surface area (Å²) in [7, 11) is 0. The molecule has 0 radical (unpaired) electrons. The number of carbonyl (C=O) groups excluding carboxylic acids is 1. The molecule has 2 aromatic rings. The van der Waals surface area contributed by atoms with Crippen LogP contribution in [-0.2, 0) is 0 Å². The summed E-state index contributed by atoms with van der Waals surface area (Å²) in [5, 5.41) is 3.34. The molecule has 1 aromatic heterocycles. The molecule has 88 valence electrons. The number of nitrogens with one attached hydrogen (secondary N) is 1. The first-order chi connectivity index (χ1) is 8.08. The normalized spacial score (nSPS) is 10.2. The molecular formula is C12H13N3OS. The van der Waals surface area contributed by atoms with Crippen LogP contribution in [0.25, 0.3) is 0 Å². The Kier molecular flexibility index (Phi) is 3.10. The third-order valence-corrected chi connectivity index (χ3v) is 3.20. The van der Waals surface area contributed by atoms with Gasteiger partial charge in [0.2, 0.25) is 0 Å². The molecule has 2 rings (SSSR count). The van der Waals surface area contributed by atoms with Crippen molar-refractivity contribution in [2.45, 2.75) is 13.8 Å². The van der Waals surface area contributed by atoms with Crippen LogP contribution in [0, 0.1) is 13.8 Å². The van der Waals surface area contributed by atoms with Gasteiger partial charge < -0.3 is 5.73 Å². The van der Waals surface area contributed by atoms with E-state index in [4.69, 9.17) is 5.73 Å². The Bertz CT molecular complexity index is 542. The van der Waals surface area contributed by atoms with Crippen molar-refractivity contribution in [2.75, 3.05) is 11.1 Å². The molecule has 0 unspecified atom stereocenters. The van der Waals surface area contributed by atoms with E-state index >= 15 is 0 Å². The van der Waals surface area contributed by atoms with Crippen molar-refractivity contribution in [1.82, 2.24) is 4.98 Å². The Morgan fingerprint density at radius 2 is 2.18 bits per heavy atom. The van der Waals surface area contributed by atoms with E-state index in [2.05, 4.69) is 10.3 Å². The number of amides is 1. The van der Waals surface area contributed by atoms with Crippen LogP contribution < -0.4 is 11.1 Å². The molecule has 3 N–H and O–H groups in total. The van der Waals surface area contributed by atoms with E-state index < -0.39 is 0 Å². The lowest BCUT2D eigenvalue weighted by atomic mass is 10.1. The molecule has 1 heterocycles. The monoisotopic (exact) mass is 247 g/mol. The standard InChI is InChI=1S/C12H13N3OS/c1-7-4-3-5-9(13)10(7)11(16)15-12-14-6-8(2)17-12/h3-6H,13H2,1-2H3,(H,14,15,16). The summed E-state index contributed by atoms with van der Waals surface area (Å²) in [6.07, 6.45) is 1.72. The van der Waals surface area contributed by atoms with Gasteiger partial charge in [0, 0.05) is 16.8 Å². The first-order valence-corrected chi connectivity index (χ1v) is 5.98. The third-order valence-electron chi connectivity index (χ3n) is 2.37. The second-order valence-electron chi connectivity index (χ2n) is 3.77. The Morgan fingerprint density at radius 3 is 2.76 bits per heavy atom. The zero-order valence-electron chi connectivity index (χ0n) is 9.65. The van der Waals surface area contributed by atoms with Crippen molar-refractivity contribution < 1.29 is 4.79 Å². The fourth-order valence-corrected chi connectivity index (χ4v) is 2.23. The van der Waals surface area contributed by atoms with Crippen molar-refractivity contribution in [3.63, 3.8) is 0 Å². The van der Waals surface area contributed by atoms with E-state index in [1.807, 2.05) is 26.0 Å². The van der Waals surface area contributed by atoms with Crippen molar-refractivity contribution in [3.8, 4) is 0 Å². The van der Waals surface area contributed by atoms with Crippen LogP contribution in [0.2, 0.25) is 0 Å². The number of nitrogens with two attached hydrogens (primary N) is 1. The second-order valence-corrected chi connectivity index (χ2v) is 5.00. The highest BCUT2D eigenvalue weighted by Crippen LogP contribution is 2.21. The fraction of sp³-hybridized carbons (Fsp3) is 0.167. The van der Waals surface area contributed by atoms with E-state index in [1.165, 1.54) is 11.3 Å². The van der Waals surface area contributed by atoms with Gasteiger partial charge in [0.25, 0.3) is 5.91 Å². The number of benzene rings is 1. The predicted molar refractivity (Wildman–Crippen MR) is 70.4 cm³/mol. The van der Waals surface area contributed by atoms with Crippen LogP contribution in [-0.4, -0.2) is 10.9 Å². The Hall–Kier alpha value is -1.88. The molecule has 1 amide bonds. The lowest BCUT2D eigenvalue weighted by Crippen LogP contribution is -2.15. The summed E-state index contributed by atoms with van der Waals surface area (Å²) < 4.78 is 0. The minimum atomic E-state index is -0.213. The quantitative estimate of drug-likeness (QED) is 0.801. The largest absolute Gasteiger partial charge is 0.398 e. The summed E-state index contributed by atoms with van der Waals surface area (Å²) in [5.74, 6) is -0.213. The van der Waals surface area contributed by atoms with Crippen molar-refractivity contribution in [3.05, 3.63) is 40.4 Å². The van der Waals surface area contributed by atoms with E-state index in [0.29, 0.717) is 16.4 Å². The molecule has 0 bridgehead atoms. The Morgan fingerprint density at radius 1 is 1.41 bits per heavy atom. The van der Waals surface area contributed by atoms with E-state index in [1.54, 1.807) is 12.3 Å². The molecule has 0 atom stereocenters. The van der Waals surface area contributed by atoms with E-state index in [-0.39, 0.29) is 5.91 Å². The van der Waals surface area contributed by atoms with Crippen LogP contribution >= 0.6 is 11.3 Å². The third kappa shape index (κ3) is 2.45. The van der Waals surface area contributed by atoms with Gasteiger partial charge in [-0.05, 0) is 25.5 Å². The molecule has 1 aromatic carbocycles. The van der Waals surface area contributed by atoms with Gasteiger partial charge in [0.1, 0.15) is 0 Å². The summed E-state index contributed by atoms with van der Waals surface area (Å²) in [4.78, 5) is 17.2. The van der Waals surface area contributed by atoms with Crippen molar-refractivity contribution in [1.29, 1.82) is 0 Å². The number of hydrogen-bond acceptors (Lipinski definition) is 4. The highest BCUT2D eigenvalue weighted by atomic mass is 32.1. The minimum Gasteiger partial charge on any atom is -0.398 e. The zero-order chi connectivity index (χ0) is 12.4. The van der Waals surface area contributed by atoms with Crippen LogP contribution in [0.3, 0.4) is 0 Å². The van der Waals surface area contributed by atoms with Gasteiger partial charge in [-0.3, -0.25) is 10.1 Å². The van der Waals surface area contributed by atoms with Crippen molar-refractivity contribution >= 4 is 28.1 Å². The molecule has 0 aliphatic carbocycles. The molecule has 0 saturated carbocycles. The van der Waals surface area contributed by atoms with Gasteiger partial charge in [0.15, 0.2) is 5.13 Å². The summed E-state index contributed by atoms with van der Waals surface area (Å²) >= 11 is 1.44. The molecule has 0 aliphatic heterocycles. The maximum Gasteiger partial charge on any atom is 0.259 e. The number of hydrogen-bond donors (Lipinski definition) is 2. The SMILES string of the molecule is Cc1cnc(NC(=O)c2c(C)cccc2N)s1. The Labute approximate surface area is 103 Å². The minimum absolute atomic E-state index is 0.213. The molecular weight excluding hydrogens is 234 g/mol. The number of nitrogens with zero attached hydrogens (tertiary/aromatic N) is 1. The molecule has 4 nitrogen and oxygen atoms in total. The lowest BCUT2D eigenvalue weighted by Gasteiger charge is -2.08. The number of rotatable bonds is 2. The lowest BCUT2D eigenvalue weighted by molar-refractivity contribution is 0.102. The smallest absolute Gasteiger partial charge is 0.259 e. The number of nitrogen functional groups attached to an aromatic ring is 1.